The Morgan fingerprint density at radius 1 is 1.36 bits per heavy atom. The summed E-state index contributed by atoms with van der Waals surface area (Å²) in [5.41, 5.74) is 0. The molecule has 0 aliphatic carbocycles. The first-order valence-corrected chi connectivity index (χ1v) is 3.59. The summed E-state index contributed by atoms with van der Waals surface area (Å²) >= 11 is 0. The summed E-state index contributed by atoms with van der Waals surface area (Å²) in [6, 6.07) is 0. The Morgan fingerprint density at radius 2 is 1.82 bits per heavy atom. The van der Waals surface area contributed by atoms with E-state index in [1.807, 2.05) is 7.05 Å². The SMILES string of the molecule is CNC=O.CNCCN(C)C. The Labute approximate surface area is 69.0 Å². The summed E-state index contributed by atoms with van der Waals surface area (Å²) in [6.45, 7) is 2.20. The maximum Gasteiger partial charge on any atom is 0.206 e. The van der Waals surface area contributed by atoms with Gasteiger partial charge in [-0.25, -0.2) is 0 Å². The second kappa shape index (κ2) is 12.1. The summed E-state index contributed by atoms with van der Waals surface area (Å²) in [5.74, 6) is 0. The number of hydrogen-bond donors (Lipinski definition) is 2. The molecular weight excluding hydrogens is 142 g/mol. The third-order valence-corrected chi connectivity index (χ3v) is 0.927. The van der Waals surface area contributed by atoms with Gasteiger partial charge in [0.15, 0.2) is 0 Å². The molecule has 0 saturated carbocycles. The van der Waals surface area contributed by atoms with Crippen molar-refractivity contribution in [1.29, 1.82) is 0 Å². The highest BCUT2D eigenvalue weighted by Crippen LogP contribution is 1.66. The Bertz CT molecular complexity index is 76.1. The smallest absolute Gasteiger partial charge is 0.206 e. The van der Waals surface area contributed by atoms with Gasteiger partial charge in [0, 0.05) is 20.1 Å². The standard InChI is InChI=1S/C5H14N2.C2H5NO/c1-6-4-5-7(2)3;1-3-2-4/h6H,4-5H2,1-3H3;2H,1H3,(H,3,4). The van der Waals surface area contributed by atoms with E-state index in [9.17, 15) is 0 Å². The Balaban J connectivity index is 0. The van der Waals surface area contributed by atoms with E-state index in [0.29, 0.717) is 6.41 Å². The number of carbonyl (C=O) groups is 1. The molecule has 11 heavy (non-hydrogen) atoms. The van der Waals surface area contributed by atoms with Gasteiger partial charge < -0.3 is 15.5 Å². The van der Waals surface area contributed by atoms with Gasteiger partial charge >= 0.3 is 0 Å². The van der Waals surface area contributed by atoms with Crippen LogP contribution < -0.4 is 10.6 Å². The Kier molecular flexibility index (Phi) is 14.3. The van der Waals surface area contributed by atoms with Crippen molar-refractivity contribution in [2.75, 3.05) is 41.3 Å². The summed E-state index contributed by atoms with van der Waals surface area (Å²) in [5, 5.41) is 5.31. The lowest BCUT2D eigenvalue weighted by molar-refractivity contribution is -0.109. The molecule has 0 fully saturated rings. The van der Waals surface area contributed by atoms with E-state index in [4.69, 9.17) is 4.79 Å². The number of carbonyl (C=O) groups excluding carboxylic acids is 1. The summed E-state index contributed by atoms with van der Waals surface area (Å²) < 4.78 is 0. The molecule has 0 aromatic rings. The largest absolute Gasteiger partial charge is 0.362 e. The minimum Gasteiger partial charge on any atom is -0.362 e. The second-order valence-electron chi connectivity index (χ2n) is 2.31. The normalized spacial score (nSPS) is 8.45. The molecule has 1 amide bonds. The fraction of sp³-hybridized carbons (Fsp3) is 0.857. The van der Waals surface area contributed by atoms with Crippen LogP contribution in [0.1, 0.15) is 0 Å². The lowest BCUT2D eigenvalue weighted by Crippen LogP contribution is -2.23. The first-order valence-electron chi connectivity index (χ1n) is 3.59. The van der Waals surface area contributed by atoms with E-state index >= 15 is 0 Å². The third kappa shape index (κ3) is 26.6. The van der Waals surface area contributed by atoms with Crippen LogP contribution in [-0.4, -0.2) is 52.6 Å². The highest BCUT2D eigenvalue weighted by Gasteiger charge is 1.82. The van der Waals surface area contributed by atoms with E-state index in [2.05, 4.69) is 29.6 Å². The van der Waals surface area contributed by atoms with Crippen LogP contribution in [0.3, 0.4) is 0 Å². The van der Waals surface area contributed by atoms with Crippen LogP contribution in [0.15, 0.2) is 0 Å². The summed E-state index contributed by atoms with van der Waals surface area (Å²) in [7, 11) is 7.66. The van der Waals surface area contributed by atoms with Crippen molar-refractivity contribution >= 4 is 6.41 Å². The van der Waals surface area contributed by atoms with Crippen LogP contribution in [-0.2, 0) is 4.79 Å². The van der Waals surface area contributed by atoms with E-state index in [1.165, 1.54) is 0 Å². The zero-order valence-electron chi connectivity index (χ0n) is 7.85. The first-order chi connectivity index (χ1) is 5.18. The van der Waals surface area contributed by atoms with Crippen molar-refractivity contribution in [3.8, 4) is 0 Å². The van der Waals surface area contributed by atoms with E-state index in [1.54, 1.807) is 7.05 Å². The van der Waals surface area contributed by atoms with E-state index in [0.717, 1.165) is 13.1 Å². The molecule has 0 radical (unpaired) electrons. The van der Waals surface area contributed by atoms with Gasteiger partial charge in [0.2, 0.25) is 6.41 Å². The number of amides is 1. The third-order valence-electron chi connectivity index (χ3n) is 0.927. The molecule has 2 N–H and O–H groups in total. The molecule has 0 atom stereocenters. The fourth-order valence-electron chi connectivity index (χ4n) is 0.335. The lowest BCUT2D eigenvalue weighted by Gasteiger charge is -2.06. The highest BCUT2D eigenvalue weighted by molar-refractivity contribution is 5.44. The van der Waals surface area contributed by atoms with Crippen molar-refractivity contribution in [3.63, 3.8) is 0 Å². The van der Waals surface area contributed by atoms with Crippen LogP contribution in [0.25, 0.3) is 0 Å². The van der Waals surface area contributed by atoms with Crippen molar-refractivity contribution in [2.24, 2.45) is 0 Å². The highest BCUT2D eigenvalue weighted by atomic mass is 16.1. The first kappa shape index (κ1) is 13.0. The molecule has 4 heteroatoms. The zero-order valence-corrected chi connectivity index (χ0v) is 7.85. The van der Waals surface area contributed by atoms with Crippen LogP contribution in [0.4, 0.5) is 0 Å². The minimum absolute atomic E-state index is 0.625. The number of nitrogens with zero attached hydrogens (tertiary/aromatic N) is 1. The Hall–Kier alpha value is -0.610. The molecular formula is C7H19N3O. The zero-order chi connectivity index (χ0) is 9.11. The average molecular weight is 161 g/mol. The topological polar surface area (TPSA) is 44.4 Å². The van der Waals surface area contributed by atoms with Gasteiger partial charge in [0.05, 0.1) is 0 Å². The van der Waals surface area contributed by atoms with Gasteiger partial charge in [-0.15, -0.1) is 0 Å². The number of hydrogen-bond acceptors (Lipinski definition) is 3. The van der Waals surface area contributed by atoms with Gasteiger partial charge in [-0.3, -0.25) is 4.79 Å². The molecule has 4 nitrogen and oxygen atoms in total. The monoisotopic (exact) mass is 161 g/mol. The van der Waals surface area contributed by atoms with Crippen LogP contribution >= 0.6 is 0 Å². The molecule has 0 heterocycles. The van der Waals surface area contributed by atoms with Crippen LogP contribution in [0.5, 0.6) is 0 Å². The van der Waals surface area contributed by atoms with Crippen molar-refractivity contribution in [3.05, 3.63) is 0 Å². The molecule has 0 aliphatic rings. The van der Waals surface area contributed by atoms with Gasteiger partial charge in [-0.1, -0.05) is 0 Å². The van der Waals surface area contributed by atoms with E-state index < -0.39 is 0 Å². The maximum atomic E-state index is 9.06. The molecule has 0 aliphatic heterocycles. The van der Waals surface area contributed by atoms with Crippen LogP contribution in [0.2, 0.25) is 0 Å². The minimum atomic E-state index is 0.625. The summed E-state index contributed by atoms with van der Waals surface area (Å²) in [4.78, 5) is 11.2. The summed E-state index contributed by atoms with van der Waals surface area (Å²) in [6.07, 6.45) is 0.625. The molecule has 0 aromatic heterocycles. The van der Waals surface area contributed by atoms with Gasteiger partial charge in [0.25, 0.3) is 0 Å². The number of nitrogens with one attached hydrogen (secondary N) is 2. The van der Waals surface area contributed by atoms with Crippen molar-refractivity contribution < 1.29 is 4.79 Å². The lowest BCUT2D eigenvalue weighted by atomic mass is 10.6. The molecule has 0 rings (SSSR count). The van der Waals surface area contributed by atoms with Gasteiger partial charge in [-0.05, 0) is 21.1 Å². The predicted molar refractivity (Wildman–Crippen MR) is 47.6 cm³/mol. The molecule has 0 unspecified atom stereocenters. The average Bonchev–Trinajstić information content (AvgIpc) is 2.01. The second-order valence-corrected chi connectivity index (χ2v) is 2.31. The predicted octanol–water partition coefficient (Wildman–Crippen LogP) is -0.870. The molecule has 0 bridgehead atoms. The van der Waals surface area contributed by atoms with Crippen molar-refractivity contribution in [1.82, 2.24) is 15.5 Å². The van der Waals surface area contributed by atoms with Gasteiger partial charge in [0.1, 0.15) is 0 Å². The molecule has 0 spiro atoms. The van der Waals surface area contributed by atoms with Crippen molar-refractivity contribution in [2.45, 2.75) is 0 Å². The van der Waals surface area contributed by atoms with Gasteiger partial charge in [-0.2, -0.15) is 0 Å². The Morgan fingerprint density at radius 3 is 1.91 bits per heavy atom. The fourth-order valence-corrected chi connectivity index (χ4v) is 0.335. The van der Waals surface area contributed by atoms with E-state index in [-0.39, 0.29) is 0 Å². The number of likely N-dealkylation sites (N-methyl/N-ethyl adjacent to an activating group) is 2. The molecule has 68 valence electrons. The molecule has 0 aromatic carbocycles. The molecule has 0 saturated heterocycles. The van der Waals surface area contributed by atoms with Crippen LogP contribution in [0, 0.1) is 0 Å². The quantitative estimate of drug-likeness (QED) is 0.527. The maximum absolute atomic E-state index is 9.06. The number of rotatable bonds is 4.